The van der Waals surface area contributed by atoms with Crippen LogP contribution in [0.15, 0.2) is 0 Å². The Morgan fingerprint density at radius 2 is 1.95 bits per heavy atom. The van der Waals surface area contributed by atoms with Gasteiger partial charge in [-0.15, -0.1) is 0 Å². The normalized spacial score (nSPS) is 21.4. The number of hydrogen-bond donors (Lipinski definition) is 1. The third kappa shape index (κ3) is 4.99. The minimum Gasteiger partial charge on any atom is -0.320 e. The van der Waals surface area contributed by atoms with Crippen molar-refractivity contribution in [2.75, 3.05) is 51.8 Å². The van der Waals surface area contributed by atoms with E-state index in [1.807, 2.05) is 7.05 Å². The first-order valence-corrected chi connectivity index (χ1v) is 9.58. The largest absolute Gasteiger partial charge is 0.320 e. The lowest BCUT2D eigenvalue weighted by Crippen LogP contribution is -2.43. The molecule has 114 valence electrons. The highest BCUT2D eigenvalue weighted by Crippen LogP contribution is 2.12. The maximum atomic E-state index is 12.3. The van der Waals surface area contributed by atoms with Crippen LogP contribution in [0.25, 0.3) is 0 Å². The fourth-order valence-corrected chi connectivity index (χ4v) is 4.76. The Bertz CT molecular complexity index is 475. The van der Waals surface area contributed by atoms with Gasteiger partial charge in [0.25, 0.3) is 10.2 Å². The third-order valence-electron chi connectivity index (χ3n) is 3.13. The zero-order valence-corrected chi connectivity index (χ0v) is 13.1. The van der Waals surface area contributed by atoms with E-state index in [0.29, 0.717) is 13.0 Å². The van der Waals surface area contributed by atoms with Crippen LogP contribution in [-0.4, -0.2) is 77.2 Å². The quantitative estimate of drug-likeness (QED) is 0.629. The third-order valence-corrected chi connectivity index (χ3v) is 6.84. The van der Waals surface area contributed by atoms with Gasteiger partial charge in [0.15, 0.2) is 9.84 Å². The van der Waals surface area contributed by atoms with Gasteiger partial charge in [0.2, 0.25) is 0 Å². The second kappa shape index (κ2) is 6.98. The van der Waals surface area contributed by atoms with Crippen LogP contribution in [-0.2, 0) is 20.0 Å². The summed E-state index contributed by atoms with van der Waals surface area (Å²) in [6.07, 6.45) is 1.09. The molecule has 19 heavy (non-hydrogen) atoms. The van der Waals surface area contributed by atoms with Gasteiger partial charge >= 0.3 is 0 Å². The first kappa shape index (κ1) is 16.8. The van der Waals surface area contributed by atoms with Gasteiger partial charge in [0.05, 0.1) is 11.5 Å². The van der Waals surface area contributed by atoms with E-state index in [-0.39, 0.29) is 24.6 Å². The van der Waals surface area contributed by atoms with Crippen molar-refractivity contribution < 1.29 is 16.8 Å². The Hall–Kier alpha value is -0.220. The smallest absolute Gasteiger partial charge is 0.281 e. The van der Waals surface area contributed by atoms with Crippen molar-refractivity contribution in [2.24, 2.45) is 0 Å². The minimum absolute atomic E-state index is 0.0566. The summed E-state index contributed by atoms with van der Waals surface area (Å²) >= 11 is 0. The minimum atomic E-state index is -3.54. The first-order chi connectivity index (χ1) is 8.79. The maximum Gasteiger partial charge on any atom is 0.281 e. The average molecular weight is 313 g/mol. The Morgan fingerprint density at radius 1 is 1.26 bits per heavy atom. The molecule has 1 heterocycles. The second-order valence-corrected chi connectivity index (χ2v) is 9.03. The summed E-state index contributed by atoms with van der Waals surface area (Å²) < 4.78 is 50.1. The van der Waals surface area contributed by atoms with Gasteiger partial charge in [-0.05, 0) is 26.4 Å². The Morgan fingerprint density at radius 3 is 2.58 bits per heavy atom. The number of nitrogens with one attached hydrogen (secondary N) is 1. The summed E-state index contributed by atoms with van der Waals surface area (Å²) in [5.74, 6) is -0.0148. The first-order valence-electron chi connectivity index (χ1n) is 6.36. The van der Waals surface area contributed by atoms with E-state index in [1.165, 1.54) is 15.7 Å². The van der Waals surface area contributed by atoms with Crippen LogP contribution in [0.4, 0.5) is 0 Å². The molecule has 1 N–H and O–H groups in total. The van der Waals surface area contributed by atoms with Gasteiger partial charge in [-0.3, -0.25) is 0 Å². The van der Waals surface area contributed by atoms with E-state index in [4.69, 9.17) is 0 Å². The Kier molecular flexibility index (Phi) is 6.18. The predicted octanol–water partition coefficient (Wildman–Crippen LogP) is -1.11. The summed E-state index contributed by atoms with van der Waals surface area (Å²) in [4.78, 5) is 0. The lowest BCUT2D eigenvalue weighted by molar-refractivity contribution is 0.369. The molecule has 0 bridgehead atoms. The van der Waals surface area contributed by atoms with Crippen molar-refractivity contribution >= 4 is 20.0 Å². The summed E-state index contributed by atoms with van der Waals surface area (Å²) in [6.45, 7) is 1.50. The maximum absolute atomic E-state index is 12.3. The van der Waals surface area contributed by atoms with Crippen LogP contribution in [0.3, 0.4) is 0 Å². The number of sulfone groups is 1. The van der Waals surface area contributed by atoms with Gasteiger partial charge in [0, 0.05) is 26.7 Å². The van der Waals surface area contributed by atoms with E-state index in [1.54, 1.807) is 0 Å². The molecule has 0 spiro atoms. The molecule has 1 aliphatic rings. The Labute approximate surface area is 116 Å². The molecule has 0 amide bonds. The molecular weight excluding hydrogens is 290 g/mol. The lowest BCUT2D eigenvalue weighted by Gasteiger charge is -2.26. The van der Waals surface area contributed by atoms with Gasteiger partial charge in [-0.1, -0.05) is 0 Å². The zero-order chi connectivity index (χ0) is 14.5. The van der Waals surface area contributed by atoms with Gasteiger partial charge in [0.1, 0.15) is 0 Å². The van der Waals surface area contributed by atoms with E-state index in [0.717, 1.165) is 13.0 Å². The van der Waals surface area contributed by atoms with Crippen LogP contribution in [0.1, 0.15) is 12.8 Å². The molecule has 7 nitrogen and oxygen atoms in total. The number of rotatable bonds is 6. The van der Waals surface area contributed by atoms with Crippen LogP contribution in [0.2, 0.25) is 0 Å². The molecule has 0 unspecified atom stereocenters. The topological polar surface area (TPSA) is 86.8 Å². The van der Waals surface area contributed by atoms with E-state index in [9.17, 15) is 16.8 Å². The standard InChI is InChI=1S/C10H23N3O4S2/c1-11-5-3-6-12(2)19(16,17)13-7-4-9-18(14,15)10-8-13/h11H,3-10H2,1-2H3. The highest BCUT2D eigenvalue weighted by Gasteiger charge is 2.30. The molecule has 0 atom stereocenters. The van der Waals surface area contributed by atoms with E-state index < -0.39 is 20.0 Å². The van der Waals surface area contributed by atoms with Crippen molar-refractivity contribution in [3.63, 3.8) is 0 Å². The van der Waals surface area contributed by atoms with E-state index >= 15 is 0 Å². The van der Waals surface area contributed by atoms with Crippen LogP contribution >= 0.6 is 0 Å². The number of hydrogen-bond acceptors (Lipinski definition) is 5. The molecule has 1 aliphatic heterocycles. The van der Waals surface area contributed by atoms with Gasteiger partial charge in [-0.25, -0.2) is 8.42 Å². The van der Waals surface area contributed by atoms with Crippen LogP contribution < -0.4 is 5.32 Å². The molecule has 9 heteroatoms. The molecule has 0 radical (unpaired) electrons. The van der Waals surface area contributed by atoms with Crippen LogP contribution in [0.5, 0.6) is 0 Å². The number of nitrogens with zero attached hydrogens (tertiary/aromatic N) is 2. The molecule has 0 saturated carbocycles. The zero-order valence-electron chi connectivity index (χ0n) is 11.5. The van der Waals surface area contributed by atoms with Crippen molar-refractivity contribution in [3.05, 3.63) is 0 Å². The second-order valence-electron chi connectivity index (χ2n) is 4.69. The average Bonchev–Trinajstić information content (AvgIpc) is 2.50. The summed E-state index contributed by atoms with van der Waals surface area (Å²) in [5.41, 5.74) is 0. The van der Waals surface area contributed by atoms with Crippen LogP contribution in [0, 0.1) is 0 Å². The van der Waals surface area contributed by atoms with E-state index in [2.05, 4.69) is 5.32 Å². The molecule has 0 aliphatic carbocycles. The fourth-order valence-electron chi connectivity index (χ4n) is 1.94. The molecule has 1 fully saturated rings. The van der Waals surface area contributed by atoms with Crippen molar-refractivity contribution in [3.8, 4) is 0 Å². The van der Waals surface area contributed by atoms with Crippen molar-refractivity contribution in [2.45, 2.75) is 12.8 Å². The summed E-state index contributed by atoms with van der Waals surface area (Å²) in [7, 11) is -3.29. The predicted molar refractivity (Wildman–Crippen MR) is 74.9 cm³/mol. The van der Waals surface area contributed by atoms with Gasteiger partial charge < -0.3 is 5.32 Å². The molecular formula is C10H23N3O4S2. The SMILES string of the molecule is CNCCCN(C)S(=O)(=O)N1CCCS(=O)(=O)CC1. The van der Waals surface area contributed by atoms with Crippen molar-refractivity contribution in [1.29, 1.82) is 0 Å². The highest BCUT2D eigenvalue weighted by atomic mass is 32.2. The Balaban J connectivity index is 2.66. The van der Waals surface area contributed by atoms with Gasteiger partial charge in [-0.2, -0.15) is 17.0 Å². The van der Waals surface area contributed by atoms with Crippen molar-refractivity contribution in [1.82, 2.24) is 13.9 Å². The summed E-state index contributed by atoms with van der Waals surface area (Å²) in [5, 5.41) is 2.96. The molecule has 0 aromatic carbocycles. The molecule has 0 aromatic heterocycles. The molecule has 1 rings (SSSR count). The molecule has 1 saturated heterocycles. The lowest BCUT2D eigenvalue weighted by atomic mass is 10.4. The fraction of sp³-hybridized carbons (Fsp3) is 1.00. The highest BCUT2D eigenvalue weighted by molar-refractivity contribution is 7.91. The summed E-state index contributed by atoms with van der Waals surface area (Å²) in [6, 6.07) is 0. The molecule has 0 aromatic rings. The monoisotopic (exact) mass is 313 g/mol.